The number of hydrogen-bond donors (Lipinski definition) is 1. The highest BCUT2D eigenvalue weighted by Gasteiger charge is 2.19. The highest BCUT2D eigenvalue weighted by Crippen LogP contribution is 2.28. The van der Waals surface area contributed by atoms with Crippen molar-refractivity contribution in [1.82, 2.24) is 19.7 Å². The number of rotatable bonds is 5. The van der Waals surface area contributed by atoms with Gasteiger partial charge in [0.15, 0.2) is 11.5 Å². The van der Waals surface area contributed by atoms with E-state index in [9.17, 15) is 0 Å². The number of ether oxygens (including phenoxy) is 1. The summed E-state index contributed by atoms with van der Waals surface area (Å²) in [6.07, 6.45) is 10.7. The van der Waals surface area contributed by atoms with E-state index in [-0.39, 0.29) is 0 Å². The molecule has 2 aliphatic rings. The zero-order chi connectivity index (χ0) is 18.1. The van der Waals surface area contributed by atoms with Crippen LogP contribution in [0.3, 0.4) is 0 Å². The fourth-order valence-corrected chi connectivity index (χ4v) is 4.09. The smallest absolute Gasteiger partial charge is 0.180 e. The molecule has 0 saturated carbocycles. The number of benzene rings is 1. The lowest BCUT2D eigenvalue weighted by atomic mass is 10.1. The maximum atomic E-state index is 5.93. The van der Waals surface area contributed by atoms with Crippen LogP contribution >= 0.6 is 0 Å². The van der Waals surface area contributed by atoms with Gasteiger partial charge in [0.05, 0.1) is 11.9 Å². The molecule has 4 heterocycles. The SMILES string of the molecule is c1cn2c(-c3ccc(OCC4CCCN4)cc3)cnc2c(N2CCCC2)n1. The Morgan fingerprint density at radius 2 is 1.93 bits per heavy atom. The predicted octanol–water partition coefficient (Wildman–Crippen LogP) is 3.13. The van der Waals surface area contributed by atoms with E-state index in [1.54, 1.807) is 0 Å². The molecule has 3 aromatic rings. The van der Waals surface area contributed by atoms with Crippen molar-refractivity contribution in [3.63, 3.8) is 0 Å². The van der Waals surface area contributed by atoms with Gasteiger partial charge in [-0.2, -0.15) is 0 Å². The molecule has 0 aliphatic carbocycles. The van der Waals surface area contributed by atoms with Crippen molar-refractivity contribution in [2.75, 3.05) is 31.1 Å². The van der Waals surface area contributed by atoms with Crippen molar-refractivity contribution in [1.29, 1.82) is 0 Å². The van der Waals surface area contributed by atoms with Crippen molar-refractivity contribution in [2.24, 2.45) is 0 Å². The largest absolute Gasteiger partial charge is 0.492 e. The third-order valence-corrected chi connectivity index (χ3v) is 5.58. The average molecular weight is 363 g/mol. The maximum absolute atomic E-state index is 5.93. The minimum absolute atomic E-state index is 0.486. The van der Waals surface area contributed by atoms with Gasteiger partial charge in [-0.05, 0) is 56.5 Å². The summed E-state index contributed by atoms with van der Waals surface area (Å²) in [5, 5.41) is 3.46. The van der Waals surface area contributed by atoms with Crippen molar-refractivity contribution in [2.45, 2.75) is 31.7 Å². The topological polar surface area (TPSA) is 54.7 Å². The van der Waals surface area contributed by atoms with E-state index in [4.69, 9.17) is 4.74 Å². The Labute approximate surface area is 159 Å². The van der Waals surface area contributed by atoms with Gasteiger partial charge in [0.1, 0.15) is 12.4 Å². The summed E-state index contributed by atoms with van der Waals surface area (Å²) in [6.45, 7) is 3.98. The number of aromatic nitrogens is 3. The van der Waals surface area contributed by atoms with Gasteiger partial charge in [0, 0.05) is 37.1 Å². The highest BCUT2D eigenvalue weighted by atomic mass is 16.5. The first-order valence-electron chi connectivity index (χ1n) is 9.92. The van der Waals surface area contributed by atoms with Crippen molar-refractivity contribution >= 4 is 11.5 Å². The lowest BCUT2D eigenvalue weighted by molar-refractivity contribution is 0.277. The molecule has 1 N–H and O–H groups in total. The number of nitrogens with one attached hydrogen (secondary N) is 1. The van der Waals surface area contributed by atoms with E-state index < -0.39 is 0 Å². The molecule has 140 valence electrons. The molecule has 0 spiro atoms. The minimum Gasteiger partial charge on any atom is -0.492 e. The molecule has 6 nitrogen and oxygen atoms in total. The molecule has 1 aromatic carbocycles. The summed E-state index contributed by atoms with van der Waals surface area (Å²) in [5.41, 5.74) is 3.14. The fourth-order valence-electron chi connectivity index (χ4n) is 4.09. The van der Waals surface area contributed by atoms with Crippen LogP contribution < -0.4 is 15.0 Å². The first-order valence-corrected chi connectivity index (χ1v) is 9.92. The standard InChI is InChI=1S/C21H25N5O/c1-2-12-25(11-1)20-21-24-14-19(26(21)13-10-23-20)16-5-7-18(8-6-16)27-15-17-4-3-9-22-17/h5-8,10,13-14,17,22H,1-4,9,11-12,15H2. The van der Waals surface area contributed by atoms with Gasteiger partial charge in [-0.15, -0.1) is 0 Å². The fraction of sp³-hybridized carbons (Fsp3) is 0.429. The van der Waals surface area contributed by atoms with Gasteiger partial charge >= 0.3 is 0 Å². The van der Waals surface area contributed by atoms with E-state index in [0.717, 1.165) is 54.7 Å². The van der Waals surface area contributed by atoms with Crippen LogP contribution in [0.25, 0.3) is 16.9 Å². The van der Waals surface area contributed by atoms with Gasteiger partial charge in [-0.3, -0.25) is 4.40 Å². The normalized spacial score (nSPS) is 19.9. The van der Waals surface area contributed by atoms with E-state index in [2.05, 4.69) is 36.7 Å². The number of imidazole rings is 1. The average Bonchev–Trinajstić information content (AvgIpc) is 3.48. The third-order valence-electron chi connectivity index (χ3n) is 5.58. The van der Waals surface area contributed by atoms with Crippen LogP contribution in [0.1, 0.15) is 25.7 Å². The third kappa shape index (κ3) is 3.25. The molecular weight excluding hydrogens is 338 g/mol. The van der Waals surface area contributed by atoms with Crippen LogP contribution in [0, 0.1) is 0 Å². The molecule has 2 fully saturated rings. The summed E-state index contributed by atoms with van der Waals surface area (Å²) in [7, 11) is 0. The predicted molar refractivity (Wildman–Crippen MR) is 106 cm³/mol. The van der Waals surface area contributed by atoms with Gasteiger partial charge in [-0.25, -0.2) is 9.97 Å². The monoisotopic (exact) mass is 363 g/mol. The molecule has 2 saturated heterocycles. The summed E-state index contributed by atoms with van der Waals surface area (Å²) in [5.74, 6) is 1.91. The van der Waals surface area contributed by atoms with Crippen LogP contribution in [0.5, 0.6) is 5.75 Å². The van der Waals surface area contributed by atoms with Gasteiger partial charge in [-0.1, -0.05) is 0 Å². The molecule has 0 amide bonds. The van der Waals surface area contributed by atoms with Crippen LogP contribution in [0.4, 0.5) is 5.82 Å². The molecule has 2 aromatic heterocycles. The lowest BCUT2D eigenvalue weighted by Gasteiger charge is -2.16. The second-order valence-corrected chi connectivity index (χ2v) is 7.41. The molecule has 6 heteroatoms. The summed E-state index contributed by atoms with van der Waals surface area (Å²) >= 11 is 0. The van der Waals surface area contributed by atoms with E-state index in [0.29, 0.717) is 6.04 Å². The summed E-state index contributed by atoms with van der Waals surface area (Å²) in [6, 6.07) is 8.80. The number of anilines is 1. The Hall–Kier alpha value is -2.60. The van der Waals surface area contributed by atoms with Crippen molar-refractivity contribution in [3.8, 4) is 17.0 Å². The Morgan fingerprint density at radius 1 is 1.07 bits per heavy atom. The lowest BCUT2D eigenvalue weighted by Crippen LogP contribution is -2.28. The summed E-state index contributed by atoms with van der Waals surface area (Å²) < 4.78 is 8.07. The van der Waals surface area contributed by atoms with Crippen LogP contribution in [-0.2, 0) is 0 Å². The first kappa shape index (κ1) is 16.6. The highest BCUT2D eigenvalue weighted by molar-refractivity contribution is 5.71. The molecule has 0 radical (unpaired) electrons. The Bertz CT molecular complexity index is 908. The molecule has 27 heavy (non-hydrogen) atoms. The van der Waals surface area contributed by atoms with Gasteiger partial charge in [0.25, 0.3) is 0 Å². The number of fused-ring (bicyclic) bond motifs is 1. The maximum Gasteiger partial charge on any atom is 0.180 e. The Balaban J connectivity index is 1.37. The van der Waals surface area contributed by atoms with E-state index >= 15 is 0 Å². The first-order chi connectivity index (χ1) is 13.4. The molecule has 0 bridgehead atoms. The van der Waals surface area contributed by atoms with Gasteiger partial charge < -0.3 is 15.0 Å². The zero-order valence-corrected chi connectivity index (χ0v) is 15.5. The number of hydrogen-bond acceptors (Lipinski definition) is 5. The minimum atomic E-state index is 0.486. The second-order valence-electron chi connectivity index (χ2n) is 7.41. The molecule has 5 rings (SSSR count). The zero-order valence-electron chi connectivity index (χ0n) is 15.5. The molecule has 1 unspecified atom stereocenters. The summed E-state index contributed by atoms with van der Waals surface area (Å²) in [4.78, 5) is 11.6. The Morgan fingerprint density at radius 3 is 2.70 bits per heavy atom. The van der Waals surface area contributed by atoms with Gasteiger partial charge in [0.2, 0.25) is 0 Å². The van der Waals surface area contributed by atoms with Crippen LogP contribution in [0.15, 0.2) is 42.9 Å². The van der Waals surface area contributed by atoms with Crippen LogP contribution in [-0.4, -0.2) is 46.7 Å². The molecule has 2 aliphatic heterocycles. The van der Waals surface area contributed by atoms with Crippen LogP contribution in [0.2, 0.25) is 0 Å². The number of nitrogens with zero attached hydrogens (tertiary/aromatic N) is 4. The Kier molecular flexibility index (Phi) is 4.41. The van der Waals surface area contributed by atoms with E-state index in [1.165, 1.54) is 25.7 Å². The van der Waals surface area contributed by atoms with E-state index in [1.807, 2.05) is 30.7 Å². The van der Waals surface area contributed by atoms with Crippen molar-refractivity contribution in [3.05, 3.63) is 42.9 Å². The van der Waals surface area contributed by atoms with Crippen molar-refractivity contribution < 1.29 is 4.74 Å². The molecular formula is C21H25N5O. The second kappa shape index (κ2) is 7.19. The quantitative estimate of drug-likeness (QED) is 0.755. The molecule has 1 atom stereocenters.